The van der Waals surface area contributed by atoms with Crippen LogP contribution >= 0.6 is 0 Å². The Balaban J connectivity index is 1.81. The monoisotopic (exact) mass is 300 g/mol. The molecule has 1 aromatic heterocycles. The predicted octanol–water partition coefficient (Wildman–Crippen LogP) is 3.01. The van der Waals surface area contributed by atoms with Crippen LogP contribution in [0.2, 0.25) is 0 Å². The molecule has 1 atom stereocenters. The Labute approximate surface area is 129 Å². The maximum Gasteiger partial charge on any atom is 0.196 e. The number of aryl methyl sites for hydroxylation is 2. The molecule has 2 heterocycles. The second kappa shape index (κ2) is 5.43. The van der Waals surface area contributed by atoms with E-state index in [2.05, 4.69) is 6.92 Å². The van der Waals surface area contributed by atoms with Gasteiger partial charge in [-0.2, -0.15) is 0 Å². The summed E-state index contributed by atoms with van der Waals surface area (Å²) >= 11 is 0. The van der Waals surface area contributed by atoms with E-state index in [1.165, 1.54) is 0 Å². The Kier molecular flexibility index (Phi) is 3.41. The van der Waals surface area contributed by atoms with Crippen molar-refractivity contribution >= 4 is 11.0 Å². The molecule has 116 valence electrons. The van der Waals surface area contributed by atoms with Gasteiger partial charge in [-0.25, -0.2) is 0 Å². The minimum atomic E-state index is 0.142. The smallest absolute Gasteiger partial charge is 0.196 e. The van der Waals surface area contributed by atoms with E-state index in [0.29, 0.717) is 17.6 Å². The van der Waals surface area contributed by atoms with Crippen molar-refractivity contribution < 1.29 is 13.9 Å². The molecule has 1 aromatic carbocycles. The lowest BCUT2D eigenvalue weighted by Crippen LogP contribution is -2.10. The molecular weight excluding hydrogens is 280 g/mol. The van der Waals surface area contributed by atoms with Crippen LogP contribution in [0.5, 0.6) is 5.75 Å². The highest BCUT2D eigenvalue weighted by Gasteiger charge is 2.24. The van der Waals surface area contributed by atoms with Crippen LogP contribution in [-0.4, -0.2) is 19.3 Å². The first kappa shape index (κ1) is 13.8. The first-order chi connectivity index (χ1) is 10.8. The van der Waals surface area contributed by atoms with E-state index >= 15 is 0 Å². The van der Waals surface area contributed by atoms with Gasteiger partial charge in [0.15, 0.2) is 5.43 Å². The van der Waals surface area contributed by atoms with E-state index in [0.717, 1.165) is 61.3 Å². The maximum absolute atomic E-state index is 12.6. The number of rotatable bonds is 5. The molecule has 4 rings (SSSR count). The highest BCUT2D eigenvalue weighted by molar-refractivity contribution is 5.80. The molecule has 4 nitrogen and oxygen atoms in total. The number of fused-ring (bicyclic) bond motifs is 2. The number of benzene rings is 1. The second-order valence-electron chi connectivity index (χ2n) is 6.16. The lowest BCUT2D eigenvalue weighted by molar-refractivity contribution is 0.261. The van der Waals surface area contributed by atoms with Crippen molar-refractivity contribution in [3.8, 4) is 5.75 Å². The Morgan fingerprint density at radius 3 is 2.95 bits per heavy atom. The van der Waals surface area contributed by atoms with Gasteiger partial charge < -0.3 is 13.9 Å². The molecule has 22 heavy (non-hydrogen) atoms. The van der Waals surface area contributed by atoms with Gasteiger partial charge in [-0.1, -0.05) is 13.3 Å². The summed E-state index contributed by atoms with van der Waals surface area (Å²) in [5.41, 5.74) is 2.75. The van der Waals surface area contributed by atoms with Gasteiger partial charge in [0.05, 0.1) is 12.0 Å². The first-order valence-electron chi connectivity index (χ1n) is 8.12. The zero-order chi connectivity index (χ0) is 15.1. The molecule has 1 aliphatic heterocycles. The van der Waals surface area contributed by atoms with E-state index in [1.54, 1.807) is 0 Å². The van der Waals surface area contributed by atoms with Crippen molar-refractivity contribution in [1.29, 1.82) is 0 Å². The number of hydrogen-bond donors (Lipinski definition) is 0. The minimum Gasteiger partial charge on any atom is -0.490 e. The molecule has 1 fully saturated rings. The van der Waals surface area contributed by atoms with Crippen LogP contribution in [0.4, 0.5) is 0 Å². The van der Waals surface area contributed by atoms with Crippen molar-refractivity contribution in [3.05, 3.63) is 39.2 Å². The summed E-state index contributed by atoms with van der Waals surface area (Å²) in [6, 6.07) is 3.86. The average Bonchev–Trinajstić information content (AvgIpc) is 3.23. The van der Waals surface area contributed by atoms with Crippen LogP contribution in [0.25, 0.3) is 11.0 Å². The van der Waals surface area contributed by atoms with Gasteiger partial charge in [-0.3, -0.25) is 4.79 Å². The van der Waals surface area contributed by atoms with Gasteiger partial charge in [-0.05, 0) is 30.9 Å². The van der Waals surface area contributed by atoms with Gasteiger partial charge in [0.25, 0.3) is 0 Å². The molecule has 0 saturated carbocycles. The molecule has 1 unspecified atom stereocenters. The maximum atomic E-state index is 12.6. The minimum absolute atomic E-state index is 0.142. The summed E-state index contributed by atoms with van der Waals surface area (Å²) in [5.74, 6) is 1.68. The summed E-state index contributed by atoms with van der Waals surface area (Å²) in [5, 5.41) is 0.694. The predicted molar refractivity (Wildman–Crippen MR) is 83.7 cm³/mol. The Bertz CT molecular complexity index is 771. The molecule has 0 bridgehead atoms. The van der Waals surface area contributed by atoms with E-state index < -0.39 is 0 Å². The molecule has 1 aliphatic carbocycles. The van der Waals surface area contributed by atoms with Gasteiger partial charge in [-0.15, -0.1) is 0 Å². The SMILES string of the molecule is CCCc1cc2c(=O)c3c(oc2cc1OCC1CO1)CCC3. The van der Waals surface area contributed by atoms with Crippen LogP contribution in [0.1, 0.15) is 36.7 Å². The topological polar surface area (TPSA) is 52.0 Å². The molecule has 2 aromatic rings. The van der Waals surface area contributed by atoms with Crippen molar-refractivity contribution in [3.63, 3.8) is 0 Å². The highest BCUT2D eigenvalue weighted by Crippen LogP contribution is 2.30. The Hall–Kier alpha value is -1.81. The number of ether oxygens (including phenoxy) is 2. The molecule has 0 spiro atoms. The third kappa shape index (κ3) is 2.41. The molecule has 0 amide bonds. The lowest BCUT2D eigenvalue weighted by Gasteiger charge is -2.12. The van der Waals surface area contributed by atoms with Crippen molar-refractivity contribution in [1.82, 2.24) is 0 Å². The number of epoxide rings is 1. The lowest BCUT2D eigenvalue weighted by atomic mass is 10.0. The summed E-state index contributed by atoms with van der Waals surface area (Å²) < 4.78 is 17.1. The van der Waals surface area contributed by atoms with Gasteiger partial charge in [0.2, 0.25) is 0 Å². The fourth-order valence-electron chi connectivity index (χ4n) is 3.18. The first-order valence-corrected chi connectivity index (χ1v) is 8.12. The Morgan fingerprint density at radius 1 is 1.32 bits per heavy atom. The van der Waals surface area contributed by atoms with Crippen molar-refractivity contribution in [2.45, 2.75) is 45.1 Å². The largest absolute Gasteiger partial charge is 0.490 e. The van der Waals surface area contributed by atoms with Gasteiger partial charge in [0.1, 0.15) is 29.8 Å². The van der Waals surface area contributed by atoms with E-state index in [1.807, 2.05) is 12.1 Å². The van der Waals surface area contributed by atoms with E-state index in [9.17, 15) is 4.79 Å². The standard InChI is InChI=1S/C18H20O4/c1-2-4-11-7-14-17(8-16(11)21-10-12-9-20-12)22-15-6-3-5-13(15)18(14)19/h7-8,12H,2-6,9-10H2,1H3. The zero-order valence-electron chi connectivity index (χ0n) is 12.8. The third-order valence-electron chi connectivity index (χ3n) is 4.43. The van der Waals surface area contributed by atoms with Crippen molar-refractivity contribution in [2.24, 2.45) is 0 Å². The molecule has 0 radical (unpaired) electrons. The van der Waals surface area contributed by atoms with E-state index in [-0.39, 0.29) is 11.5 Å². The summed E-state index contributed by atoms with van der Waals surface area (Å²) in [7, 11) is 0. The molecule has 2 aliphatic rings. The van der Waals surface area contributed by atoms with Crippen LogP contribution in [0.3, 0.4) is 0 Å². The quantitative estimate of drug-likeness (QED) is 0.797. The summed E-state index contributed by atoms with van der Waals surface area (Å²) in [6.45, 7) is 3.47. The summed E-state index contributed by atoms with van der Waals surface area (Å²) in [6.07, 6.45) is 4.84. The molecule has 0 N–H and O–H groups in total. The third-order valence-corrected chi connectivity index (χ3v) is 4.43. The highest BCUT2D eigenvalue weighted by atomic mass is 16.6. The van der Waals surface area contributed by atoms with Crippen LogP contribution in [0, 0.1) is 0 Å². The molecule has 1 saturated heterocycles. The molecular formula is C18H20O4. The fourth-order valence-corrected chi connectivity index (χ4v) is 3.18. The average molecular weight is 300 g/mol. The van der Waals surface area contributed by atoms with Crippen LogP contribution < -0.4 is 10.2 Å². The van der Waals surface area contributed by atoms with E-state index in [4.69, 9.17) is 13.9 Å². The second-order valence-corrected chi connectivity index (χ2v) is 6.16. The van der Waals surface area contributed by atoms with Gasteiger partial charge >= 0.3 is 0 Å². The fraction of sp³-hybridized carbons (Fsp3) is 0.500. The van der Waals surface area contributed by atoms with Crippen LogP contribution in [-0.2, 0) is 24.0 Å². The van der Waals surface area contributed by atoms with Crippen LogP contribution in [0.15, 0.2) is 21.3 Å². The van der Waals surface area contributed by atoms with Crippen molar-refractivity contribution in [2.75, 3.05) is 13.2 Å². The van der Waals surface area contributed by atoms with Gasteiger partial charge in [0, 0.05) is 18.1 Å². The number of hydrogen-bond acceptors (Lipinski definition) is 4. The normalized spacial score (nSPS) is 19.4. The molecule has 4 heteroatoms. The summed E-state index contributed by atoms with van der Waals surface area (Å²) in [4.78, 5) is 12.6. The Morgan fingerprint density at radius 2 is 2.18 bits per heavy atom. The zero-order valence-corrected chi connectivity index (χ0v) is 12.8.